The van der Waals surface area contributed by atoms with E-state index in [1.54, 1.807) is 0 Å². The second-order valence-electron chi connectivity index (χ2n) is 5.48. The SMILES string of the molecule is CCCNC(c1sc(C)cc1C)c1csc2ccccc12. The number of nitrogens with one attached hydrogen (secondary N) is 1. The van der Waals surface area contributed by atoms with E-state index in [9.17, 15) is 0 Å². The van der Waals surface area contributed by atoms with Crippen LogP contribution in [0.1, 0.15) is 40.3 Å². The molecule has 0 spiro atoms. The lowest BCUT2D eigenvalue weighted by Gasteiger charge is -2.18. The van der Waals surface area contributed by atoms with Gasteiger partial charge in [-0.1, -0.05) is 25.1 Å². The number of rotatable bonds is 5. The predicted molar refractivity (Wildman–Crippen MR) is 95.8 cm³/mol. The third-order valence-electron chi connectivity index (χ3n) is 3.76. The molecule has 0 aliphatic heterocycles. The number of benzene rings is 1. The highest BCUT2D eigenvalue weighted by Gasteiger charge is 2.20. The highest BCUT2D eigenvalue weighted by Crippen LogP contribution is 2.37. The van der Waals surface area contributed by atoms with Crippen molar-refractivity contribution >= 4 is 32.8 Å². The van der Waals surface area contributed by atoms with Crippen LogP contribution in [-0.4, -0.2) is 6.54 Å². The molecule has 0 saturated heterocycles. The molecular weight excluding hydrogens is 294 g/mol. The van der Waals surface area contributed by atoms with Crippen LogP contribution in [0.15, 0.2) is 35.7 Å². The first kappa shape index (κ1) is 14.8. The topological polar surface area (TPSA) is 12.0 Å². The van der Waals surface area contributed by atoms with Crippen LogP contribution in [-0.2, 0) is 0 Å². The summed E-state index contributed by atoms with van der Waals surface area (Å²) in [5.74, 6) is 0. The summed E-state index contributed by atoms with van der Waals surface area (Å²) in [5, 5.41) is 7.47. The van der Waals surface area contributed by atoms with Gasteiger partial charge in [0.05, 0.1) is 6.04 Å². The molecule has 2 aromatic heterocycles. The first-order valence-electron chi connectivity index (χ1n) is 7.47. The number of hydrogen-bond acceptors (Lipinski definition) is 3. The summed E-state index contributed by atoms with van der Waals surface area (Å²) in [7, 11) is 0. The molecule has 1 nitrogen and oxygen atoms in total. The van der Waals surface area contributed by atoms with Crippen molar-refractivity contribution < 1.29 is 0 Å². The van der Waals surface area contributed by atoms with Crippen LogP contribution in [0.4, 0.5) is 0 Å². The second kappa shape index (κ2) is 6.30. The monoisotopic (exact) mass is 315 g/mol. The molecule has 2 heterocycles. The van der Waals surface area contributed by atoms with Crippen molar-refractivity contribution in [2.24, 2.45) is 0 Å². The van der Waals surface area contributed by atoms with E-state index in [4.69, 9.17) is 0 Å². The molecule has 0 fully saturated rings. The number of thiophene rings is 2. The Bertz CT molecular complexity index is 739. The van der Waals surface area contributed by atoms with Crippen LogP contribution >= 0.6 is 22.7 Å². The third-order valence-corrected chi connectivity index (χ3v) is 5.96. The van der Waals surface area contributed by atoms with Gasteiger partial charge in [-0.05, 0) is 60.8 Å². The van der Waals surface area contributed by atoms with Crippen molar-refractivity contribution in [3.05, 3.63) is 56.6 Å². The molecule has 0 saturated carbocycles. The maximum atomic E-state index is 3.75. The van der Waals surface area contributed by atoms with E-state index in [2.05, 4.69) is 61.8 Å². The molecule has 3 aromatic rings. The quantitative estimate of drug-likeness (QED) is 0.640. The zero-order valence-corrected chi connectivity index (χ0v) is 14.4. The van der Waals surface area contributed by atoms with Crippen LogP contribution in [0.3, 0.4) is 0 Å². The van der Waals surface area contributed by atoms with E-state index in [1.165, 1.54) is 31.0 Å². The number of hydrogen-bond donors (Lipinski definition) is 1. The van der Waals surface area contributed by atoms with Crippen molar-refractivity contribution in [3.63, 3.8) is 0 Å². The Hall–Kier alpha value is -1.16. The Morgan fingerprint density at radius 2 is 2.00 bits per heavy atom. The summed E-state index contributed by atoms with van der Waals surface area (Å²) < 4.78 is 1.38. The molecule has 0 radical (unpaired) electrons. The van der Waals surface area contributed by atoms with Crippen molar-refractivity contribution in [1.82, 2.24) is 5.32 Å². The minimum atomic E-state index is 0.319. The summed E-state index contributed by atoms with van der Waals surface area (Å²) in [5.41, 5.74) is 2.83. The van der Waals surface area contributed by atoms with Crippen LogP contribution in [0, 0.1) is 13.8 Å². The van der Waals surface area contributed by atoms with Gasteiger partial charge in [-0.25, -0.2) is 0 Å². The van der Waals surface area contributed by atoms with Gasteiger partial charge in [0, 0.05) is 14.5 Å². The van der Waals surface area contributed by atoms with Gasteiger partial charge in [0.15, 0.2) is 0 Å². The van der Waals surface area contributed by atoms with Crippen molar-refractivity contribution in [3.8, 4) is 0 Å². The van der Waals surface area contributed by atoms with E-state index in [-0.39, 0.29) is 0 Å². The molecule has 0 amide bonds. The predicted octanol–water partition coefficient (Wildman–Crippen LogP) is 5.67. The van der Waals surface area contributed by atoms with Gasteiger partial charge in [0.1, 0.15) is 0 Å². The summed E-state index contributed by atoms with van der Waals surface area (Å²) >= 11 is 3.77. The molecule has 1 unspecified atom stereocenters. The second-order valence-corrected chi connectivity index (χ2v) is 7.68. The van der Waals surface area contributed by atoms with Gasteiger partial charge >= 0.3 is 0 Å². The molecular formula is C18H21NS2. The van der Waals surface area contributed by atoms with Gasteiger partial charge in [-0.3, -0.25) is 0 Å². The van der Waals surface area contributed by atoms with Crippen molar-refractivity contribution in [2.75, 3.05) is 6.54 Å². The lowest BCUT2D eigenvalue weighted by atomic mass is 10.0. The lowest BCUT2D eigenvalue weighted by molar-refractivity contribution is 0.608. The van der Waals surface area contributed by atoms with Crippen molar-refractivity contribution in [1.29, 1.82) is 0 Å². The molecule has 0 bridgehead atoms. The lowest BCUT2D eigenvalue weighted by Crippen LogP contribution is -2.22. The maximum absolute atomic E-state index is 3.75. The zero-order valence-electron chi connectivity index (χ0n) is 12.8. The minimum absolute atomic E-state index is 0.319. The van der Waals surface area contributed by atoms with Crippen LogP contribution in [0.2, 0.25) is 0 Å². The first-order chi connectivity index (χ1) is 10.2. The fourth-order valence-electron chi connectivity index (χ4n) is 2.80. The highest BCUT2D eigenvalue weighted by atomic mass is 32.1. The van der Waals surface area contributed by atoms with Crippen LogP contribution in [0.25, 0.3) is 10.1 Å². The van der Waals surface area contributed by atoms with Gasteiger partial charge in [-0.15, -0.1) is 22.7 Å². The first-order valence-corrected chi connectivity index (χ1v) is 9.16. The number of aryl methyl sites for hydroxylation is 2. The fourth-order valence-corrected chi connectivity index (χ4v) is 4.92. The summed E-state index contributed by atoms with van der Waals surface area (Å²) in [6, 6.07) is 11.3. The Morgan fingerprint density at radius 1 is 1.19 bits per heavy atom. The molecule has 1 aromatic carbocycles. The van der Waals surface area contributed by atoms with Gasteiger partial charge in [-0.2, -0.15) is 0 Å². The van der Waals surface area contributed by atoms with E-state index in [0.29, 0.717) is 6.04 Å². The average molecular weight is 316 g/mol. The fraction of sp³-hybridized carbons (Fsp3) is 0.333. The Balaban J connectivity index is 2.09. The Kier molecular flexibility index (Phi) is 4.43. The van der Waals surface area contributed by atoms with E-state index >= 15 is 0 Å². The Labute approximate surface area is 134 Å². The smallest absolute Gasteiger partial charge is 0.0688 e. The molecule has 1 atom stereocenters. The summed E-state index contributed by atoms with van der Waals surface area (Å²) in [4.78, 5) is 2.86. The summed E-state index contributed by atoms with van der Waals surface area (Å²) in [6.45, 7) is 7.70. The molecule has 3 heteroatoms. The van der Waals surface area contributed by atoms with Crippen LogP contribution < -0.4 is 5.32 Å². The van der Waals surface area contributed by atoms with Gasteiger partial charge < -0.3 is 5.32 Å². The third kappa shape index (κ3) is 2.91. The molecule has 1 N–H and O–H groups in total. The van der Waals surface area contributed by atoms with Gasteiger partial charge in [0.2, 0.25) is 0 Å². The minimum Gasteiger partial charge on any atom is -0.306 e. The van der Waals surface area contributed by atoms with Crippen molar-refractivity contribution in [2.45, 2.75) is 33.2 Å². The van der Waals surface area contributed by atoms with E-state index in [1.807, 2.05) is 22.7 Å². The molecule has 0 aliphatic carbocycles. The molecule has 3 rings (SSSR count). The Morgan fingerprint density at radius 3 is 2.71 bits per heavy atom. The maximum Gasteiger partial charge on any atom is 0.0688 e. The average Bonchev–Trinajstić information content (AvgIpc) is 3.04. The number of fused-ring (bicyclic) bond motifs is 1. The van der Waals surface area contributed by atoms with Gasteiger partial charge in [0.25, 0.3) is 0 Å². The largest absolute Gasteiger partial charge is 0.306 e. The van der Waals surface area contributed by atoms with Crippen LogP contribution in [0.5, 0.6) is 0 Å². The zero-order chi connectivity index (χ0) is 14.8. The highest BCUT2D eigenvalue weighted by molar-refractivity contribution is 7.17. The van der Waals surface area contributed by atoms with E-state index in [0.717, 1.165) is 13.0 Å². The standard InChI is InChI=1S/C18H21NS2/c1-4-9-19-17(18-12(2)10-13(3)21-18)15-11-20-16-8-6-5-7-14(15)16/h5-8,10-11,17,19H,4,9H2,1-3H3. The molecule has 21 heavy (non-hydrogen) atoms. The molecule has 110 valence electrons. The molecule has 0 aliphatic rings. The normalized spacial score (nSPS) is 12.9. The van der Waals surface area contributed by atoms with E-state index < -0.39 is 0 Å². The summed E-state index contributed by atoms with van der Waals surface area (Å²) in [6.07, 6.45) is 1.15.